The number of hydrogen-bond donors (Lipinski definition) is 2. The normalized spacial score (nSPS) is 13.3. The fourth-order valence-electron chi connectivity index (χ4n) is 1.57. The molecular formula is C10H14N4O. The van der Waals surface area contributed by atoms with Crippen LogP contribution in [0.3, 0.4) is 0 Å². The summed E-state index contributed by atoms with van der Waals surface area (Å²) in [4.78, 5) is 8.66. The molecule has 0 saturated carbocycles. The SMILES string of the molecule is Cc1cc2nc(C(N)CO)cn2c(C)n1. The van der Waals surface area contributed by atoms with Crippen LogP contribution in [0.1, 0.15) is 23.3 Å². The Hall–Kier alpha value is -1.46. The van der Waals surface area contributed by atoms with Crippen LogP contribution in [0.15, 0.2) is 12.3 Å². The number of fused-ring (bicyclic) bond motifs is 1. The summed E-state index contributed by atoms with van der Waals surface area (Å²) in [5, 5.41) is 8.95. The van der Waals surface area contributed by atoms with Gasteiger partial charge in [0.2, 0.25) is 0 Å². The van der Waals surface area contributed by atoms with Crippen molar-refractivity contribution in [3.8, 4) is 0 Å². The van der Waals surface area contributed by atoms with Crippen LogP contribution in [-0.4, -0.2) is 26.1 Å². The van der Waals surface area contributed by atoms with Crippen LogP contribution in [-0.2, 0) is 0 Å². The Morgan fingerprint density at radius 3 is 2.87 bits per heavy atom. The molecule has 5 heteroatoms. The van der Waals surface area contributed by atoms with Crippen LogP contribution in [0.25, 0.3) is 5.65 Å². The Bertz CT molecular complexity index is 491. The van der Waals surface area contributed by atoms with E-state index in [9.17, 15) is 0 Å². The summed E-state index contributed by atoms with van der Waals surface area (Å²) >= 11 is 0. The largest absolute Gasteiger partial charge is 0.394 e. The second-order valence-corrected chi connectivity index (χ2v) is 3.63. The highest BCUT2D eigenvalue weighted by atomic mass is 16.3. The lowest BCUT2D eigenvalue weighted by Gasteiger charge is -2.01. The zero-order valence-corrected chi connectivity index (χ0v) is 8.81. The van der Waals surface area contributed by atoms with Gasteiger partial charge in [-0.15, -0.1) is 0 Å². The minimum atomic E-state index is -0.426. The number of aryl methyl sites for hydroxylation is 2. The standard InChI is InChI=1S/C10H14N4O/c1-6-3-10-13-9(8(11)5-15)4-14(10)7(2)12-6/h3-4,8,15H,5,11H2,1-2H3. The highest BCUT2D eigenvalue weighted by molar-refractivity contribution is 5.42. The van der Waals surface area contributed by atoms with Crippen LogP contribution >= 0.6 is 0 Å². The average Bonchev–Trinajstić information content (AvgIpc) is 2.60. The summed E-state index contributed by atoms with van der Waals surface area (Å²) in [6.45, 7) is 3.73. The van der Waals surface area contributed by atoms with E-state index in [2.05, 4.69) is 9.97 Å². The minimum absolute atomic E-state index is 0.102. The highest BCUT2D eigenvalue weighted by Gasteiger charge is 2.10. The average molecular weight is 206 g/mol. The molecule has 0 bridgehead atoms. The molecular weight excluding hydrogens is 192 g/mol. The number of nitrogens with zero attached hydrogens (tertiary/aromatic N) is 3. The molecule has 5 nitrogen and oxygen atoms in total. The zero-order valence-electron chi connectivity index (χ0n) is 8.81. The number of rotatable bonds is 2. The van der Waals surface area contributed by atoms with Gasteiger partial charge in [0, 0.05) is 18.0 Å². The number of nitrogens with two attached hydrogens (primary N) is 1. The molecule has 1 atom stereocenters. The lowest BCUT2D eigenvalue weighted by Crippen LogP contribution is -2.14. The maximum absolute atomic E-state index is 8.95. The number of imidazole rings is 1. The zero-order chi connectivity index (χ0) is 11.0. The first-order chi connectivity index (χ1) is 7.11. The van der Waals surface area contributed by atoms with Crippen LogP contribution < -0.4 is 5.73 Å². The van der Waals surface area contributed by atoms with Crippen molar-refractivity contribution in [3.05, 3.63) is 29.5 Å². The number of hydrogen-bond acceptors (Lipinski definition) is 4. The van der Waals surface area contributed by atoms with Gasteiger partial charge in [-0.05, 0) is 13.8 Å². The molecule has 0 fully saturated rings. The molecule has 0 aromatic carbocycles. The molecule has 0 amide bonds. The van der Waals surface area contributed by atoms with Crippen LogP contribution in [0, 0.1) is 13.8 Å². The van der Waals surface area contributed by atoms with Crippen molar-refractivity contribution < 1.29 is 5.11 Å². The predicted octanol–water partition coefficient (Wildman–Crippen LogP) is 0.338. The van der Waals surface area contributed by atoms with Gasteiger partial charge in [-0.25, -0.2) is 9.97 Å². The molecule has 3 N–H and O–H groups in total. The smallest absolute Gasteiger partial charge is 0.140 e. The highest BCUT2D eigenvalue weighted by Crippen LogP contribution is 2.13. The number of aliphatic hydroxyl groups is 1. The van der Waals surface area contributed by atoms with Crippen LogP contribution in [0.2, 0.25) is 0 Å². The van der Waals surface area contributed by atoms with Gasteiger partial charge >= 0.3 is 0 Å². The quantitative estimate of drug-likeness (QED) is 0.742. The predicted molar refractivity (Wildman–Crippen MR) is 56.5 cm³/mol. The van der Waals surface area contributed by atoms with Gasteiger partial charge in [-0.3, -0.25) is 4.40 Å². The molecule has 0 saturated heterocycles. The molecule has 2 heterocycles. The van der Waals surface area contributed by atoms with Gasteiger partial charge in [0.1, 0.15) is 11.5 Å². The minimum Gasteiger partial charge on any atom is -0.394 e. The summed E-state index contributed by atoms with van der Waals surface area (Å²) in [6, 6.07) is 1.46. The third-order valence-corrected chi connectivity index (χ3v) is 2.35. The third kappa shape index (κ3) is 1.71. The molecule has 0 aliphatic heterocycles. The molecule has 0 radical (unpaired) electrons. The third-order valence-electron chi connectivity index (χ3n) is 2.35. The second-order valence-electron chi connectivity index (χ2n) is 3.63. The van der Waals surface area contributed by atoms with E-state index in [4.69, 9.17) is 10.8 Å². The van der Waals surface area contributed by atoms with E-state index < -0.39 is 6.04 Å². The topological polar surface area (TPSA) is 76.4 Å². The van der Waals surface area contributed by atoms with E-state index in [0.717, 1.165) is 17.2 Å². The Morgan fingerprint density at radius 2 is 2.20 bits per heavy atom. The van der Waals surface area contributed by atoms with E-state index in [0.29, 0.717) is 5.69 Å². The summed E-state index contributed by atoms with van der Waals surface area (Å²) in [5.74, 6) is 0.869. The van der Waals surface area contributed by atoms with E-state index >= 15 is 0 Å². The molecule has 0 aliphatic carbocycles. The molecule has 15 heavy (non-hydrogen) atoms. The van der Waals surface area contributed by atoms with E-state index in [1.165, 1.54) is 0 Å². The van der Waals surface area contributed by atoms with Gasteiger partial charge in [0.05, 0.1) is 18.3 Å². The van der Waals surface area contributed by atoms with Crippen LogP contribution in [0.4, 0.5) is 0 Å². The van der Waals surface area contributed by atoms with Gasteiger partial charge in [-0.2, -0.15) is 0 Å². The summed E-state index contributed by atoms with van der Waals surface area (Å²) in [5.41, 5.74) is 8.13. The van der Waals surface area contributed by atoms with Crippen molar-refractivity contribution in [2.24, 2.45) is 5.73 Å². The maximum atomic E-state index is 8.95. The first kappa shape index (κ1) is 10.1. The fraction of sp³-hybridized carbons (Fsp3) is 0.400. The maximum Gasteiger partial charge on any atom is 0.140 e. The molecule has 0 spiro atoms. The van der Waals surface area contributed by atoms with Crippen molar-refractivity contribution in [2.45, 2.75) is 19.9 Å². The Kier molecular flexibility index (Phi) is 2.42. The van der Waals surface area contributed by atoms with Gasteiger partial charge in [0.25, 0.3) is 0 Å². The first-order valence-electron chi connectivity index (χ1n) is 4.81. The molecule has 80 valence electrons. The Balaban J connectivity index is 2.60. The second kappa shape index (κ2) is 3.60. The van der Waals surface area contributed by atoms with E-state index in [1.54, 1.807) is 0 Å². The number of aromatic nitrogens is 3. The van der Waals surface area contributed by atoms with Crippen molar-refractivity contribution in [3.63, 3.8) is 0 Å². The van der Waals surface area contributed by atoms with Gasteiger partial charge in [0.15, 0.2) is 0 Å². The number of aliphatic hydroxyl groups excluding tert-OH is 1. The molecule has 2 rings (SSSR count). The summed E-state index contributed by atoms with van der Waals surface area (Å²) in [6.07, 6.45) is 1.82. The monoisotopic (exact) mass is 206 g/mol. The van der Waals surface area contributed by atoms with Crippen molar-refractivity contribution in [1.82, 2.24) is 14.4 Å². The molecule has 1 unspecified atom stereocenters. The van der Waals surface area contributed by atoms with E-state index in [-0.39, 0.29) is 6.61 Å². The van der Waals surface area contributed by atoms with E-state index in [1.807, 2.05) is 30.5 Å². The van der Waals surface area contributed by atoms with Gasteiger partial charge in [-0.1, -0.05) is 0 Å². The first-order valence-corrected chi connectivity index (χ1v) is 4.81. The van der Waals surface area contributed by atoms with Crippen LogP contribution in [0.5, 0.6) is 0 Å². The van der Waals surface area contributed by atoms with Crippen molar-refractivity contribution in [1.29, 1.82) is 0 Å². The fourth-order valence-corrected chi connectivity index (χ4v) is 1.57. The lowest BCUT2D eigenvalue weighted by atomic mass is 10.2. The van der Waals surface area contributed by atoms with Crippen molar-refractivity contribution in [2.75, 3.05) is 6.61 Å². The molecule has 2 aromatic heterocycles. The molecule has 0 aliphatic rings. The lowest BCUT2D eigenvalue weighted by molar-refractivity contribution is 0.266. The Morgan fingerprint density at radius 1 is 1.47 bits per heavy atom. The summed E-state index contributed by atoms with van der Waals surface area (Å²) < 4.78 is 1.87. The van der Waals surface area contributed by atoms with Crippen molar-refractivity contribution >= 4 is 5.65 Å². The Labute approximate surface area is 87.6 Å². The molecule has 2 aromatic rings. The summed E-state index contributed by atoms with van der Waals surface area (Å²) in [7, 11) is 0. The van der Waals surface area contributed by atoms with Gasteiger partial charge < -0.3 is 10.8 Å².